The lowest BCUT2D eigenvalue weighted by Gasteiger charge is -2.39. The summed E-state index contributed by atoms with van der Waals surface area (Å²) in [7, 11) is 0. The minimum Gasteiger partial charge on any atom is -0.394 e. The standard InChI is InChI=1S/C14H17F13O4/c15-9(16,1-3-29-5-7-31-8-6-30-4-2-28)10(17,18)11(19,20)12(21,22)13(23,24)14(25,26)27/h28H,1-8H2. The summed E-state index contributed by atoms with van der Waals surface area (Å²) in [5.74, 6) is -36.9. The third-order valence-electron chi connectivity index (χ3n) is 3.54. The number of hydrogen-bond acceptors (Lipinski definition) is 4. The maximum atomic E-state index is 13.4. The Morgan fingerprint density at radius 3 is 1.19 bits per heavy atom. The van der Waals surface area contributed by atoms with Crippen LogP contribution in [-0.2, 0) is 14.2 Å². The molecule has 0 fully saturated rings. The van der Waals surface area contributed by atoms with Crippen LogP contribution >= 0.6 is 0 Å². The normalized spacial score (nSPS) is 14.9. The Kier molecular flexibility index (Phi) is 10.3. The second-order valence-corrected chi connectivity index (χ2v) is 5.81. The lowest BCUT2D eigenvalue weighted by atomic mass is 9.93. The quantitative estimate of drug-likeness (QED) is 0.274. The molecule has 17 heteroatoms. The molecule has 0 saturated carbocycles. The zero-order valence-corrected chi connectivity index (χ0v) is 15.2. The highest BCUT2D eigenvalue weighted by atomic mass is 19.4. The van der Waals surface area contributed by atoms with Crippen molar-refractivity contribution in [3.05, 3.63) is 0 Å². The second-order valence-electron chi connectivity index (χ2n) is 5.81. The molecule has 0 aromatic carbocycles. The molecule has 0 amide bonds. The van der Waals surface area contributed by atoms with Crippen LogP contribution < -0.4 is 0 Å². The molecule has 0 saturated heterocycles. The van der Waals surface area contributed by atoms with Gasteiger partial charge in [0.05, 0.1) is 46.2 Å². The maximum absolute atomic E-state index is 13.4. The summed E-state index contributed by atoms with van der Waals surface area (Å²) in [5.41, 5.74) is 0. The highest BCUT2D eigenvalue weighted by Crippen LogP contribution is 2.60. The average molecular weight is 496 g/mol. The van der Waals surface area contributed by atoms with E-state index in [2.05, 4.69) is 4.74 Å². The predicted molar refractivity (Wildman–Crippen MR) is 74.9 cm³/mol. The van der Waals surface area contributed by atoms with Crippen LogP contribution in [0.2, 0.25) is 0 Å². The summed E-state index contributed by atoms with van der Waals surface area (Å²) in [6.45, 7) is -2.79. The van der Waals surface area contributed by atoms with Gasteiger partial charge in [0.25, 0.3) is 0 Å². The van der Waals surface area contributed by atoms with Gasteiger partial charge in [-0.25, -0.2) is 0 Å². The van der Waals surface area contributed by atoms with E-state index >= 15 is 0 Å². The predicted octanol–water partition coefficient (Wildman–Crippen LogP) is 4.16. The highest BCUT2D eigenvalue weighted by Gasteiger charge is 2.90. The van der Waals surface area contributed by atoms with Crippen molar-refractivity contribution >= 4 is 0 Å². The highest BCUT2D eigenvalue weighted by molar-refractivity contribution is 5.10. The SMILES string of the molecule is OCCOCCOCCOCCC(F)(F)C(F)(F)C(F)(F)C(F)(F)C(F)(F)C(F)(F)F. The fraction of sp³-hybridized carbons (Fsp3) is 1.00. The zero-order chi connectivity index (χ0) is 24.8. The van der Waals surface area contributed by atoms with Crippen LogP contribution in [0.1, 0.15) is 6.42 Å². The summed E-state index contributed by atoms with van der Waals surface area (Å²) >= 11 is 0. The Bertz CT molecular complexity index is 537. The van der Waals surface area contributed by atoms with Gasteiger partial charge in [-0.15, -0.1) is 0 Å². The number of halogens is 13. The number of alkyl halides is 13. The van der Waals surface area contributed by atoms with E-state index in [0.717, 1.165) is 0 Å². The summed E-state index contributed by atoms with van der Waals surface area (Å²) in [6, 6.07) is 0. The molecule has 31 heavy (non-hydrogen) atoms. The van der Waals surface area contributed by atoms with Gasteiger partial charge in [0.2, 0.25) is 0 Å². The number of aliphatic hydroxyl groups excluding tert-OH is 1. The number of rotatable bonds is 15. The molecule has 1 N–H and O–H groups in total. The Morgan fingerprint density at radius 1 is 0.452 bits per heavy atom. The van der Waals surface area contributed by atoms with Crippen molar-refractivity contribution in [3.63, 3.8) is 0 Å². The van der Waals surface area contributed by atoms with E-state index in [1.165, 1.54) is 0 Å². The Hall–Kier alpha value is -1.07. The average Bonchev–Trinajstić information content (AvgIpc) is 2.61. The van der Waals surface area contributed by atoms with Crippen molar-refractivity contribution < 1.29 is 76.4 Å². The minimum absolute atomic E-state index is 0.00327. The molecule has 0 aliphatic rings. The summed E-state index contributed by atoms with van der Waals surface area (Å²) in [6.07, 6.45) is -9.85. The van der Waals surface area contributed by atoms with Crippen LogP contribution in [0.5, 0.6) is 0 Å². The van der Waals surface area contributed by atoms with Crippen molar-refractivity contribution in [1.29, 1.82) is 0 Å². The molecule has 0 aromatic heterocycles. The van der Waals surface area contributed by atoms with Crippen LogP contribution in [0.3, 0.4) is 0 Å². The third kappa shape index (κ3) is 6.47. The molecule has 0 bridgehead atoms. The van der Waals surface area contributed by atoms with Gasteiger partial charge in [0.1, 0.15) is 0 Å². The third-order valence-corrected chi connectivity index (χ3v) is 3.54. The van der Waals surface area contributed by atoms with Gasteiger partial charge in [-0.1, -0.05) is 0 Å². The van der Waals surface area contributed by atoms with Gasteiger partial charge < -0.3 is 19.3 Å². The summed E-state index contributed by atoms with van der Waals surface area (Å²) in [5, 5.41) is 8.38. The van der Waals surface area contributed by atoms with E-state index < -0.39 is 55.4 Å². The smallest absolute Gasteiger partial charge is 0.394 e. The molecule has 0 aliphatic heterocycles. The Labute approximate surface area is 166 Å². The molecule has 0 radical (unpaired) electrons. The van der Waals surface area contributed by atoms with Crippen LogP contribution in [0.4, 0.5) is 57.1 Å². The van der Waals surface area contributed by atoms with Gasteiger partial charge >= 0.3 is 35.8 Å². The zero-order valence-electron chi connectivity index (χ0n) is 15.2. The van der Waals surface area contributed by atoms with Crippen LogP contribution in [-0.4, -0.2) is 87.1 Å². The summed E-state index contributed by atoms with van der Waals surface area (Å²) < 4.78 is 181. The van der Waals surface area contributed by atoms with E-state index in [-0.39, 0.29) is 33.0 Å². The molecule has 0 spiro atoms. The van der Waals surface area contributed by atoms with Gasteiger partial charge in [0, 0.05) is 6.42 Å². The number of aliphatic hydroxyl groups is 1. The van der Waals surface area contributed by atoms with Gasteiger partial charge in [-0.05, 0) is 0 Å². The Balaban J connectivity index is 4.95. The molecule has 0 heterocycles. The monoisotopic (exact) mass is 496 g/mol. The Morgan fingerprint density at radius 2 is 0.806 bits per heavy atom. The first-order chi connectivity index (χ1) is 13.8. The molecule has 0 rings (SSSR count). The molecule has 0 unspecified atom stereocenters. The first-order valence-corrected chi connectivity index (χ1v) is 8.11. The first-order valence-electron chi connectivity index (χ1n) is 8.11. The van der Waals surface area contributed by atoms with Crippen molar-refractivity contribution in [2.24, 2.45) is 0 Å². The van der Waals surface area contributed by atoms with Crippen molar-refractivity contribution in [2.75, 3.05) is 46.2 Å². The molecule has 0 aromatic rings. The van der Waals surface area contributed by atoms with E-state index in [1.54, 1.807) is 0 Å². The van der Waals surface area contributed by atoms with E-state index in [1.807, 2.05) is 0 Å². The topological polar surface area (TPSA) is 47.9 Å². The van der Waals surface area contributed by atoms with E-state index in [4.69, 9.17) is 14.6 Å². The fourth-order valence-electron chi connectivity index (χ4n) is 1.77. The second kappa shape index (κ2) is 10.7. The number of ether oxygens (including phenoxy) is 3. The van der Waals surface area contributed by atoms with Crippen molar-refractivity contribution in [2.45, 2.75) is 42.2 Å². The lowest BCUT2D eigenvalue weighted by molar-refractivity contribution is -0.440. The number of hydrogen-bond donors (Lipinski definition) is 1. The molecule has 4 nitrogen and oxygen atoms in total. The molecule has 188 valence electrons. The van der Waals surface area contributed by atoms with E-state index in [9.17, 15) is 57.1 Å². The van der Waals surface area contributed by atoms with Crippen LogP contribution in [0.25, 0.3) is 0 Å². The largest absolute Gasteiger partial charge is 0.460 e. The van der Waals surface area contributed by atoms with Gasteiger partial charge in [-0.3, -0.25) is 0 Å². The first kappa shape index (κ1) is 29.9. The fourth-order valence-corrected chi connectivity index (χ4v) is 1.77. The maximum Gasteiger partial charge on any atom is 0.460 e. The van der Waals surface area contributed by atoms with Crippen molar-refractivity contribution in [1.82, 2.24) is 0 Å². The van der Waals surface area contributed by atoms with Gasteiger partial charge in [-0.2, -0.15) is 57.1 Å². The van der Waals surface area contributed by atoms with Crippen LogP contribution in [0.15, 0.2) is 0 Å². The molecular weight excluding hydrogens is 479 g/mol. The van der Waals surface area contributed by atoms with E-state index in [0.29, 0.717) is 0 Å². The van der Waals surface area contributed by atoms with Gasteiger partial charge in [0.15, 0.2) is 0 Å². The van der Waals surface area contributed by atoms with Crippen molar-refractivity contribution in [3.8, 4) is 0 Å². The van der Waals surface area contributed by atoms with Crippen LogP contribution in [0, 0.1) is 0 Å². The summed E-state index contributed by atoms with van der Waals surface area (Å²) in [4.78, 5) is 0. The molecule has 0 aliphatic carbocycles. The molecular formula is C14H17F13O4. The lowest BCUT2D eigenvalue weighted by Crippen LogP contribution is -2.70. The molecule has 0 atom stereocenters. The minimum atomic E-state index is -7.90.